The van der Waals surface area contributed by atoms with Gasteiger partial charge < -0.3 is 0 Å². The number of allylic oxidation sites excluding steroid dienone is 2. The lowest BCUT2D eigenvalue weighted by molar-refractivity contribution is -0.118. The second-order valence-electron chi connectivity index (χ2n) is 7.32. The average Bonchev–Trinajstić information content (AvgIpc) is 2.53. The van der Waals surface area contributed by atoms with Crippen LogP contribution in [-0.2, 0) is 4.79 Å². The van der Waals surface area contributed by atoms with E-state index in [4.69, 9.17) is 0 Å². The molecule has 0 N–H and O–H groups in total. The van der Waals surface area contributed by atoms with Crippen LogP contribution in [0.2, 0.25) is 0 Å². The van der Waals surface area contributed by atoms with Crippen LogP contribution in [0.5, 0.6) is 0 Å². The lowest BCUT2D eigenvalue weighted by atomic mass is 9.92. The summed E-state index contributed by atoms with van der Waals surface area (Å²) < 4.78 is 0. The number of rotatable bonds is 16. The quantitative estimate of drug-likeness (QED) is 0.212. The molecule has 0 fully saturated rings. The van der Waals surface area contributed by atoms with Gasteiger partial charge in [0.05, 0.1) is 0 Å². The Morgan fingerprint density at radius 3 is 2.13 bits per heavy atom. The molecular weight excluding hydrogens is 280 g/mol. The summed E-state index contributed by atoms with van der Waals surface area (Å²) >= 11 is 0. The van der Waals surface area contributed by atoms with Gasteiger partial charge in [0.2, 0.25) is 0 Å². The van der Waals surface area contributed by atoms with Crippen LogP contribution in [0.3, 0.4) is 0 Å². The number of hydrogen-bond acceptors (Lipinski definition) is 1. The highest BCUT2D eigenvalue weighted by Gasteiger charge is 2.13. The molecular formula is C22H42O. The first-order valence-corrected chi connectivity index (χ1v) is 10.4. The Kier molecular flexibility index (Phi) is 15.9. The summed E-state index contributed by atoms with van der Waals surface area (Å²) in [6, 6.07) is 0. The van der Waals surface area contributed by atoms with Crippen LogP contribution in [-0.4, -0.2) is 5.78 Å². The Hall–Kier alpha value is -0.590. The van der Waals surface area contributed by atoms with Gasteiger partial charge in [-0.05, 0) is 37.7 Å². The molecule has 0 heterocycles. The smallest absolute Gasteiger partial charge is 0.158 e. The molecule has 0 aliphatic heterocycles. The Bertz CT molecular complexity index is 292. The van der Waals surface area contributed by atoms with Gasteiger partial charge in [0.1, 0.15) is 0 Å². The maximum Gasteiger partial charge on any atom is 0.158 e. The van der Waals surface area contributed by atoms with Gasteiger partial charge in [0.25, 0.3) is 0 Å². The lowest BCUT2D eigenvalue weighted by Crippen LogP contribution is -2.11. The maximum absolute atomic E-state index is 12.2. The highest BCUT2D eigenvalue weighted by Crippen LogP contribution is 2.18. The van der Waals surface area contributed by atoms with Crippen LogP contribution < -0.4 is 0 Å². The molecule has 0 saturated heterocycles. The van der Waals surface area contributed by atoms with E-state index >= 15 is 0 Å². The molecule has 0 rings (SSSR count). The first-order valence-electron chi connectivity index (χ1n) is 10.4. The summed E-state index contributed by atoms with van der Waals surface area (Å²) in [5.74, 6) is 1.54. The van der Waals surface area contributed by atoms with Gasteiger partial charge in [-0.15, -0.1) is 0 Å². The Morgan fingerprint density at radius 1 is 0.783 bits per heavy atom. The highest BCUT2D eigenvalue weighted by molar-refractivity contribution is 5.91. The molecule has 0 saturated carbocycles. The minimum absolute atomic E-state index is 0.274. The molecule has 0 aliphatic rings. The third-order valence-corrected chi connectivity index (χ3v) is 4.83. The van der Waals surface area contributed by atoms with E-state index in [0.29, 0.717) is 5.78 Å². The summed E-state index contributed by atoms with van der Waals surface area (Å²) in [6.07, 6.45) is 20.0. The van der Waals surface area contributed by atoms with Crippen LogP contribution in [0.4, 0.5) is 0 Å². The van der Waals surface area contributed by atoms with Gasteiger partial charge >= 0.3 is 0 Å². The average molecular weight is 323 g/mol. The molecule has 0 radical (unpaired) electrons. The number of carbonyl (C=O) groups is 1. The van der Waals surface area contributed by atoms with Crippen molar-refractivity contribution in [1.29, 1.82) is 0 Å². The first kappa shape index (κ1) is 22.4. The SMILES string of the molecule is CCCCC(CCC)C(=O)/C=C/CCCCCCC(C)CCC. The molecule has 0 aromatic carbocycles. The minimum atomic E-state index is 0.274. The van der Waals surface area contributed by atoms with Gasteiger partial charge in [0, 0.05) is 5.92 Å². The third-order valence-electron chi connectivity index (χ3n) is 4.83. The van der Waals surface area contributed by atoms with Gasteiger partial charge in [-0.1, -0.05) is 91.6 Å². The first-order chi connectivity index (χ1) is 11.2. The van der Waals surface area contributed by atoms with Crippen molar-refractivity contribution < 1.29 is 4.79 Å². The van der Waals surface area contributed by atoms with Crippen LogP contribution in [0.1, 0.15) is 111 Å². The van der Waals surface area contributed by atoms with E-state index < -0.39 is 0 Å². The largest absolute Gasteiger partial charge is 0.295 e. The van der Waals surface area contributed by atoms with Crippen molar-refractivity contribution in [3.63, 3.8) is 0 Å². The predicted octanol–water partition coefficient (Wildman–Crippen LogP) is 7.50. The number of ketones is 1. The van der Waals surface area contributed by atoms with Crippen molar-refractivity contribution in [3.8, 4) is 0 Å². The van der Waals surface area contributed by atoms with E-state index in [1.54, 1.807) is 0 Å². The van der Waals surface area contributed by atoms with Gasteiger partial charge in [-0.2, -0.15) is 0 Å². The predicted molar refractivity (Wildman–Crippen MR) is 104 cm³/mol. The van der Waals surface area contributed by atoms with Crippen molar-refractivity contribution in [1.82, 2.24) is 0 Å². The molecule has 2 atom stereocenters. The fraction of sp³-hybridized carbons (Fsp3) is 0.864. The van der Waals surface area contributed by atoms with E-state index in [1.807, 2.05) is 6.08 Å². The molecule has 0 aromatic rings. The second-order valence-corrected chi connectivity index (χ2v) is 7.32. The normalized spacial score (nSPS) is 14.3. The molecule has 0 amide bonds. The molecule has 0 aromatic heterocycles. The second kappa shape index (κ2) is 16.3. The molecule has 0 aliphatic carbocycles. The molecule has 2 unspecified atom stereocenters. The Balaban J connectivity index is 3.72. The summed E-state index contributed by atoms with van der Waals surface area (Å²) in [5.41, 5.74) is 0. The van der Waals surface area contributed by atoms with Gasteiger partial charge in [-0.25, -0.2) is 0 Å². The van der Waals surface area contributed by atoms with Crippen molar-refractivity contribution in [2.24, 2.45) is 11.8 Å². The molecule has 1 heteroatoms. The topological polar surface area (TPSA) is 17.1 Å². The Morgan fingerprint density at radius 2 is 1.48 bits per heavy atom. The van der Waals surface area contributed by atoms with E-state index in [1.165, 1.54) is 57.8 Å². The van der Waals surface area contributed by atoms with E-state index in [0.717, 1.165) is 31.6 Å². The molecule has 136 valence electrons. The zero-order valence-corrected chi connectivity index (χ0v) is 16.4. The standard InChI is InChI=1S/C22H42O/c1-5-8-18-21(16-7-3)22(23)19-14-12-10-9-11-13-17-20(4)15-6-2/h14,19-21H,5-13,15-18H2,1-4H3/b19-14+. The van der Waals surface area contributed by atoms with Crippen LogP contribution in [0, 0.1) is 11.8 Å². The van der Waals surface area contributed by atoms with Gasteiger partial charge in [-0.3, -0.25) is 4.79 Å². The number of unbranched alkanes of at least 4 members (excludes halogenated alkanes) is 5. The summed E-state index contributed by atoms with van der Waals surface area (Å²) in [5, 5.41) is 0. The number of carbonyl (C=O) groups excluding carboxylic acids is 1. The molecule has 1 nitrogen and oxygen atoms in total. The van der Waals surface area contributed by atoms with E-state index in [9.17, 15) is 4.79 Å². The van der Waals surface area contributed by atoms with Crippen LogP contribution in [0.25, 0.3) is 0 Å². The molecule has 0 bridgehead atoms. The minimum Gasteiger partial charge on any atom is -0.295 e. The van der Waals surface area contributed by atoms with Crippen molar-refractivity contribution in [3.05, 3.63) is 12.2 Å². The fourth-order valence-electron chi connectivity index (χ4n) is 3.31. The van der Waals surface area contributed by atoms with Crippen molar-refractivity contribution >= 4 is 5.78 Å². The molecule has 0 spiro atoms. The van der Waals surface area contributed by atoms with Crippen molar-refractivity contribution in [2.45, 2.75) is 111 Å². The van der Waals surface area contributed by atoms with Gasteiger partial charge in [0.15, 0.2) is 5.78 Å². The lowest BCUT2D eigenvalue weighted by Gasteiger charge is -2.11. The Labute approximate surface area is 146 Å². The third kappa shape index (κ3) is 13.5. The summed E-state index contributed by atoms with van der Waals surface area (Å²) in [4.78, 5) is 12.2. The van der Waals surface area contributed by atoms with E-state index in [-0.39, 0.29) is 5.92 Å². The molecule has 23 heavy (non-hydrogen) atoms. The highest BCUT2D eigenvalue weighted by atomic mass is 16.1. The monoisotopic (exact) mass is 322 g/mol. The van der Waals surface area contributed by atoms with E-state index in [2.05, 4.69) is 33.8 Å². The number of hydrogen-bond donors (Lipinski definition) is 0. The maximum atomic E-state index is 12.2. The van der Waals surface area contributed by atoms with Crippen LogP contribution in [0.15, 0.2) is 12.2 Å². The van der Waals surface area contributed by atoms with Crippen LogP contribution >= 0.6 is 0 Å². The van der Waals surface area contributed by atoms with Crippen molar-refractivity contribution in [2.75, 3.05) is 0 Å². The zero-order valence-electron chi connectivity index (χ0n) is 16.4. The summed E-state index contributed by atoms with van der Waals surface area (Å²) in [6.45, 7) is 9.03. The fourth-order valence-corrected chi connectivity index (χ4v) is 3.31. The summed E-state index contributed by atoms with van der Waals surface area (Å²) in [7, 11) is 0. The zero-order chi connectivity index (χ0) is 17.3.